The Balaban J connectivity index is 2.51. The van der Waals surface area contributed by atoms with E-state index < -0.39 is 0 Å². The molecule has 1 heterocycles. The van der Waals surface area contributed by atoms with E-state index in [1.807, 2.05) is 6.20 Å². The van der Waals surface area contributed by atoms with Crippen LogP contribution in [0.5, 0.6) is 0 Å². The highest BCUT2D eigenvalue weighted by molar-refractivity contribution is 6.99. The van der Waals surface area contributed by atoms with Gasteiger partial charge in [0.2, 0.25) is 0 Å². The molecule has 15 heavy (non-hydrogen) atoms. The van der Waals surface area contributed by atoms with Crippen LogP contribution in [0.15, 0.2) is 6.20 Å². The van der Waals surface area contributed by atoms with Gasteiger partial charge in [0.15, 0.2) is 0 Å². The average molecular weight is 227 g/mol. The number of aromatic nitrogens is 2. The van der Waals surface area contributed by atoms with E-state index in [-0.39, 0.29) is 0 Å². The Labute approximate surface area is 96.6 Å². The maximum Gasteiger partial charge on any atom is 0.0912 e. The third-order valence-electron chi connectivity index (χ3n) is 2.61. The molecule has 0 amide bonds. The molecule has 0 aliphatic heterocycles. The third kappa shape index (κ3) is 4.26. The van der Waals surface area contributed by atoms with E-state index in [4.69, 9.17) is 0 Å². The summed E-state index contributed by atoms with van der Waals surface area (Å²) in [5.74, 6) is 0.751. The highest BCUT2D eigenvalue weighted by atomic mass is 32.1. The van der Waals surface area contributed by atoms with Gasteiger partial charge in [0.1, 0.15) is 0 Å². The van der Waals surface area contributed by atoms with Crippen LogP contribution in [0.25, 0.3) is 0 Å². The molecule has 0 radical (unpaired) electrons. The predicted octanol–water partition coefficient (Wildman–Crippen LogP) is 3.02. The van der Waals surface area contributed by atoms with Crippen molar-refractivity contribution in [2.45, 2.75) is 46.1 Å². The maximum absolute atomic E-state index is 4.32. The Morgan fingerprint density at radius 2 is 2.27 bits per heavy atom. The Morgan fingerprint density at radius 1 is 1.47 bits per heavy atom. The summed E-state index contributed by atoms with van der Waals surface area (Å²) in [6.45, 7) is 7.68. The van der Waals surface area contributed by atoms with Crippen molar-refractivity contribution in [3.8, 4) is 0 Å². The number of rotatable bonds is 7. The van der Waals surface area contributed by atoms with E-state index in [1.165, 1.54) is 24.6 Å². The average Bonchev–Trinajstić information content (AvgIpc) is 2.70. The summed E-state index contributed by atoms with van der Waals surface area (Å²) < 4.78 is 8.39. The number of nitrogens with zero attached hydrogens (tertiary/aromatic N) is 2. The van der Waals surface area contributed by atoms with Gasteiger partial charge in [-0.1, -0.05) is 33.6 Å². The van der Waals surface area contributed by atoms with Gasteiger partial charge in [0, 0.05) is 0 Å². The van der Waals surface area contributed by atoms with Crippen molar-refractivity contribution in [2.75, 3.05) is 6.54 Å². The topological polar surface area (TPSA) is 37.8 Å². The first-order valence-corrected chi connectivity index (χ1v) is 6.51. The Hall–Kier alpha value is -0.480. The molecule has 0 spiro atoms. The van der Waals surface area contributed by atoms with Crippen LogP contribution in [0.2, 0.25) is 0 Å². The van der Waals surface area contributed by atoms with Crippen molar-refractivity contribution < 1.29 is 0 Å². The molecule has 2 unspecified atom stereocenters. The summed E-state index contributed by atoms with van der Waals surface area (Å²) in [5, 5.41) is 3.48. The van der Waals surface area contributed by atoms with Gasteiger partial charge >= 0.3 is 0 Å². The summed E-state index contributed by atoms with van der Waals surface area (Å²) in [6.07, 6.45) is 5.60. The summed E-state index contributed by atoms with van der Waals surface area (Å²) in [5.41, 5.74) is 1.10. The highest BCUT2D eigenvalue weighted by Gasteiger charge is 2.16. The fourth-order valence-electron chi connectivity index (χ4n) is 1.89. The maximum atomic E-state index is 4.32. The second-order valence-corrected chi connectivity index (χ2v) is 4.63. The van der Waals surface area contributed by atoms with Crippen molar-refractivity contribution in [3.05, 3.63) is 11.9 Å². The molecular weight excluding hydrogens is 206 g/mol. The molecule has 0 fully saturated rings. The van der Waals surface area contributed by atoms with E-state index in [9.17, 15) is 0 Å². The summed E-state index contributed by atoms with van der Waals surface area (Å²) in [7, 11) is 0. The fraction of sp³-hybridized carbons (Fsp3) is 0.818. The molecule has 1 aromatic rings. The molecule has 0 aromatic carbocycles. The van der Waals surface area contributed by atoms with E-state index >= 15 is 0 Å². The molecule has 0 saturated heterocycles. The van der Waals surface area contributed by atoms with Crippen molar-refractivity contribution in [3.63, 3.8) is 0 Å². The van der Waals surface area contributed by atoms with Gasteiger partial charge in [-0.2, -0.15) is 8.75 Å². The first-order chi connectivity index (χ1) is 7.27. The lowest BCUT2D eigenvalue weighted by atomic mass is 9.96. The second-order valence-electron chi connectivity index (χ2n) is 4.07. The highest BCUT2D eigenvalue weighted by Crippen LogP contribution is 2.22. The van der Waals surface area contributed by atoms with E-state index in [0.29, 0.717) is 6.04 Å². The smallest absolute Gasteiger partial charge is 0.0912 e. The van der Waals surface area contributed by atoms with Gasteiger partial charge in [-0.25, -0.2) is 0 Å². The van der Waals surface area contributed by atoms with Crippen LogP contribution in [0.1, 0.15) is 51.8 Å². The second kappa shape index (κ2) is 6.90. The summed E-state index contributed by atoms with van der Waals surface area (Å²) in [4.78, 5) is 0. The Morgan fingerprint density at radius 3 is 2.80 bits per heavy atom. The molecule has 0 aliphatic carbocycles. The van der Waals surface area contributed by atoms with Crippen molar-refractivity contribution in [2.24, 2.45) is 5.92 Å². The fourth-order valence-corrected chi connectivity index (χ4v) is 2.36. The van der Waals surface area contributed by atoms with Gasteiger partial charge in [-0.15, -0.1) is 0 Å². The Bertz CT molecular complexity index is 248. The van der Waals surface area contributed by atoms with Gasteiger partial charge in [-0.05, 0) is 18.9 Å². The van der Waals surface area contributed by atoms with E-state index in [0.717, 1.165) is 24.6 Å². The molecule has 0 aliphatic rings. The van der Waals surface area contributed by atoms with Crippen LogP contribution < -0.4 is 5.32 Å². The standard InChI is InChI=1S/C11H21N3S/c1-4-6-9(3)7-10(12-5-2)11-8-13-15-14-11/h8-10,12H,4-7H2,1-3H3. The Kier molecular flexibility index (Phi) is 5.79. The van der Waals surface area contributed by atoms with Gasteiger partial charge in [0.25, 0.3) is 0 Å². The van der Waals surface area contributed by atoms with Crippen molar-refractivity contribution >= 4 is 11.7 Å². The molecule has 3 nitrogen and oxygen atoms in total. The minimum Gasteiger partial charge on any atom is -0.309 e. The zero-order chi connectivity index (χ0) is 11.1. The zero-order valence-corrected chi connectivity index (χ0v) is 10.7. The molecule has 4 heteroatoms. The molecule has 0 bridgehead atoms. The SMILES string of the molecule is CCCC(C)CC(NCC)c1cnsn1. The van der Waals surface area contributed by atoms with Crippen LogP contribution >= 0.6 is 11.7 Å². The van der Waals surface area contributed by atoms with E-state index in [2.05, 4.69) is 34.8 Å². The molecule has 2 atom stereocenters. The lowest BCUT2D eigenvalue weighted by Crippen LogP contribution is -2.23. The third-order valence-corrected chi connectivity index (χ3v) is 3.10. The van der Waals surface area contributed by atoms with Crippen molar-refractivity contribution in [1.29, 1.82) is 0 Å². The van der Waals surface area contributed by atoms with Crippen LogP contribution in [-0.2, 0) is 0 Å². The molecule has 1 rings (SSSR count). The molecule has 1 N–H and O–H groups in total. The number of hydrogen-bond acceptors (Lipinski definition) is 4. The number of hydrogen-bond donors (Lipinski definition) is 1. The van der Waals surface area contributed by atoms with Gasteiger partial charge in [0.05, 0.1) is 29.7 Å². The quantitative estimate of drug-likeness (QED) is 0.778. The minimum atomic E-state index is 0.385. The molecular formula is C11H21N3S. The van der Waals surface area contributed by atoms with Crippen LogP contribution in [-0.4, -0.2) is 15.3 Å². The minimum absolute atomic E-state index is 0.385. The van der Waals surface area contributed by atoms with Crippen LogP contribution in [0.3, 0.4) is 0 Å². The van der Waals surface area contributed by atoms with Crippen LogP contribution in [0.4, 0.5) is 0 Å². The monoisotopic (exact) mass is 227 g/mol. The number of nitrogens with one attached hydrogen (secondary N) is 1. The summed E-state index contributed by atoms with van der Waals surface area (Å²) >= 11 is 1.29. The molecule has 86 valence electrons. The summed E-state index contributed by atoms with van der Waals surface area (Å²) in [6, 6.07) is 0.385. The largest absolute Gasteiger partial charge is 0.309 e. The lowest BCUT2D eigenvalue weighted by molar-refractivity contribution is 0.391. The molecule has 0 saturated carbocycles. The van der Waals surface area contributed by atoms with Gasteiger partial charge < -0.3 is 5.32 Å². The van der Waals surface area contributed by atoms with Gasteiger partial charge in [-0.3, -0.25) is 0 Å². The zero-order valence-electron chi connectivity index (χ0n) is 9.86. The normalized spacial score (nSPS) is 15.1. The molecule has 1 aromatic heterocycles. The van der Waals surface area contributed by atoms with E-state index in [1.54, 1.807) is 0 Å². The predicted molar refractivity (Wildman–Crippen MR) is 65.0 cm³/mol. The first-order valence-electron chi connectivity index (χ1n) is 5.78. The lowest BCUT2D eigenvalue weighted by Gasteiger charge is -2.19. The first kappa shape index (κ1) is 12.6. The van der Waals surface area contributed by atoms with Crippen LogP contribution in [0, 0.1) is 5.92 Å². The van der Waals surface area contributed by atoms with Crippen molar-refractivity contribution in [1.82, 2.24) is 14.1 Å².